The fourth-order valence-corrected chi connectivity index (χ4v) is 4.09. The number of hydrogen-bond acceptors (Lipinski definition) is 5. The Kier molecular flexibility index (Phi) is 4.12. The molecule has 0 saturated carbocycles. The van der Waals surface area contributed by atoms with Crippen molar-refractivity contribution in [2.75, 3.05) is 13.1 Å². The van der Waals surface area contributed by atoms with E-state index in [0.29, 0.717) is 5.92 Å². The van der Waals surface area contributed by atoms with Gasteiger partial charge < -0.3 is 4.90 Å². The summed E-state index contributed by atoms with van der Waals surface area (Å²) in [5, 5.41) is 11.1. The van der Waals surface area contributed by atoms with Gasteiger partial charge in [0.05, 0.1) is 15.4 Å². The molecular formula is C16H18N6OS. The number of rotatable bonds is 4. The quantitative estimate of drug-likeness (QED) is 0.789. The van der Waals surface area contributed by atoms with Crippen LogP contribution in [0, 0.1) is 5.92 Å². The average Bonchev–Trinajstić information content (AvgIpc) is 3.35. The lowest BCUT2D eigenvalue weighted by molar-refractivity contribution is 0.0664. The molecule has 1 fully saturated rings. The van der Waals surface area contributed by atoms with Crippen LogP contribution in [0.4, 0.5) is 0 Å². The summed E-state index contributed by atoms with van der Waals surface area (Å²) in [5.41, 5.74) is 0.946. The van der Waals surface area contributed by atoms with Gasteiger partial charge in [0.25, 0.3) is 5.91 Å². The summed E-state index contributed by atoms with van der Waals surface area (Å²) >= 11 is 1.51. The molecule has 0 bridgehead atoms. The Labute approximate surface area is 143 Å². The SMILES string of the molecule is O=C(c1ccc(-c2ccn[nH]2)s1)N1CCC[C@@H](Cn2cncn2)C1. The maximum atomic E-state index is 12.8. The number of amides is 1. The third-order valence-corrected chi connectivity index (χ3v) is 5.41. The molecule has 0 unspecified atom stereocenters. The van der Waals surface area contributed by atoms with E-state index >= 15 is 0 Å². The summed E-state index contributed by atoms with van der Waals surface area (Å²) < 4.78 is 1.85. The van der Waals surface area contributed by atoms with Crippen molar-refractivity contribution in [2.45, 2.75) is 19.4 Å². The molecule has 1 aliphatic rings. The summed E-state index contributed by atoms with van der Waals surface area (Å²) in [6.07, 6.45) is 7.15. The minimum absolute atomic E-state index is 0.119. The highest BCUT2D eigenvalue weighted by Crippen LogP contribution is 2.28. The van der Waals surface area contributed by atoms with E-state index in [-0.39, 0.29) is 5.91 Å². The molecule has 0 aliphatic carbocycles. The Hall–Kier alpha value is -2.48. The van der Waals surface area contributed by atoms with Gasteiger partial charge in [0.1, 0.15) is 12.7 Å². The zero-order valence-electron chi connectivity index (χ0n) is 13.1. The van der Waals surface area contributed by atoms with Gasteiger partial charge in [0, 0.05) is 25.8 Å². The second kappa shape index (κ2) is 6.56. The average molecular weight is 342 g/mol. The minimum atomic E-state index is 0.119. The van der Waals surface area contributed by atoms with Crippen LogP contribution < -0.4 is 0 Å². The van der Waals surface area contributed by atoms with Crippen molar-refractivity contribution in [3.05, 3.63) is 41.9 Å². The molecule has 124 valence electrons. The van der Waals surface area contributed by atoms with Crippen molar-refractivity contribution in [1.82, 2.24) is 29.9 Å². The predicted molar refractivity (Wildman–Crippen MR) is 90.6 cm³/mol. The van der Waals surface area contributed by atoms with Crippen LogP contribution in [0.1, 0.15) is 22.5 Å². The maximum absolute atomic E-state index is 12.8. The standard InChI is InChI=1S/C16H18N6OS/c23-16(15-4-3-14(24-15)13-5-6-18-20-13)21-7-1-2-12(8-21)9-22-11-17-10-19-22/h3-6,10-12H,1-2,7-9H2,(H,18,20)/t12-/m1/s1. The number of carbonyl (C=O) groups excluding carboxylic acids is 1. The Morgan fingerprint density at radius 2 is 2.33 bits per heavy atom. The second-order valence-electron chi connectivity index (χ2n) is 6.01. The summed E-state index contributed by atoms with van der Waals surface area (Å²) in [6, 6.07) is 5.79. The number of aromatic amines is 1. The van der Waals surface area contributed by atoms with E-state index in [1.807, 2.05) is 27.8 Å². The third kappa shape index (κ3) is 3.09. The molecule has 1 atom stereocenters. The Morgan fingerprint density at radius 1 is 1.38 bits per heavy atom. The molecule has 1 aliphatic heterocycles. The first-order valence-electron chi connectivity index (χ1n) is 8.01. The molecule has 8 heteroatoms. The molecule has 7 nitrogen and oxygen atoms in total. The van der Waals surface area contributed by atoms with Gasteiger partial charge in [-0.3, -0.25) is 14.6 Å². The van der Waals surface area contributed by atoms with Gasteiger partial charge >= 0.3 is 0 Å². The van der Waals surface area contributed by atoms with Gasteiger partial charge in [-0.05, 0) is 37.0 Å². The molecule has 3 aromatic rings. The van der Waals surface area contributed by atoms with E-state index in [0.717, 1.165) is 47.9 Å². The van der Waals surface area contributed by atoms with Crippen molar-refractivity contribution in [3.63, 3.8) is 0 Å². The predicted octanol–water partition coefficient (Wildman–Crippen LogP) is 2.28. The Balaban J connectivity index is 1.44. The zero-order chi connectivity index (χ0) is 16.4. The molecular weight excluding hydrogens is 324 g/mol. The van der Waals surface area contributed by atoms with Gasteiger partial charge in [0.2, 0.25) is 0 Å². The molecule has 0 aromatic carbocycles. The van der Waals surface area contributed by atoms with Crippen molar-refractivity contribution in [2.24, 2.45) is 5.92 Å². The smallest absolute Gasteiger partial charge is 0.263 e. The molecule has 24 heavy (non-hydrogen) atoms. The summed E-state index contributed by atoms with van der Waals surface area (Å²) in [5.74, 6) is 0.547. The number of H-pyrrole nitrogens is 1. The lowest BCUT2D eigenvalue weighted by Crippen LogP contribution is -2.40. The first kappa shape index (κ1) is 15.1. The number of aromatic nitrogens is 5. The van der Waals surface area contributed by atoms with Crippen LogP contribution in [0.5, 0.6) is 0 Å². The van der Waals surface area contributed by atoms with E-state index in [4.69, 9.17) is 0 Å². The van der Waals surface area contributed by atoms with E-state index in [2.05, 4.69) is 20.3 Å². The highest BCUT2D eigenvalue weighted by atomic mass is 32.1. The first-order valence-corrected chi connectivity index (χ1v) is 8.82. The number of nitrogens with zero attached hydrogens (tertiary/aromatic N) is 5. The first-order chi connectivity index (χ1) is 11.8. The highest BCUT2D eigenvalue weighted by Gasteiger charge is 2.26. The molecule has 4 rings (SSSR count). The lowest BCUT2D eigenvalue weighted by Gasteiger charge is -2.32. The van der Waals surface area contributed by atoms with Crippen LogP contribution in [-0.4, -0.2) is 48.9 Å². The van der Waals surface area contributed by atoms with Crippen molar-refractivity contribution >= 4 is 17.2 Å². The van der Waals surface area contributed by atoms with E-state index < -0.39 is 0 Å². The van der Waals surface area contributed by atoms with Gasteiger partial charge in [-0.15, -0.1) is 11.3 Å². The number of hydrogen-bond donors (Lipinski definition) is 1. The number of thiophene rings is 1. The van der Waals surface area contributed by atoms with Crippen LogP contribution in [-0.2, 0) is 6.54 Å². The van der Waals surface area contributed by atoms with E-state index in [9.17, 15) is 4.79 Å². The van der Waals surface area contributed by atoms with Gasteiger partial charge in [-0.1, -0.05) is 0 Å². The topological polar surface area (TPSA) is 79.7 Å². The summed E-state index contributed by atoms with van der Waals surface area (Å²) in [6.45, 7) is 2.41. The van der Waals surface area contributed by atoms with Crippen LogP contribution in [0.25, 0.3) is 10.6 Å². The normalized spacial score (nSPS) is 18.0. The Morgan fingerprint density at radius 3 is 3.12 bits per heavy atom. The van der Waals surface area contributed by atoms with Crippen LogP contribution >= 0.6 is 11.3 Å². The molecule has 0 spiro atoms. The molecule has 1 N–H and O–H groups in total. The van der Waals surface area contributed by atoms with Crippen LogP contribution in [0.15, 0.2) is 37.1 Å². The van der Waals surface area contributed by atoms with Crippen molar-refractivity contribution in [1.29, 1.82) is 0 Å². The van der Waals surface area contributed by atoms with Gasteiger partial charge in [-0.25, -0.2) is 4.98 Å². The zero-order valence-corrected chi connectivity index (χ0v) is 13.9. The van der Waals surface area contributed by atoms with Gasteiger partial charge in [-0.2, -0.15) is 10.2 Å². The van der Waals surface area contributed by atoms with Crippen molar-refractivity contribution < 1.29 is 4.79 Å². The fourth-order valence-electron chi connectivity index (χ4n) is 3.14. The molecule has 1 saturated heterocycles. The molecule has 1 amide bonds. The largest absolute Gasteiger partial charge is 0.338 e. The van der Waals surface area contributed by atoms with Crippen molar-refractivity contribution in [3.8, 4) is 10.6 Å². The molecule has 0 radical (unpaired) electrons. The minimum Gasteiger partial charge on any atom is -0.338 e. The van der Waals surface area contributed by atoms with E-state index in [1.165, 1.54) is 11.3 Å². The molecule has 3 aromatic heterocycles. The monoisotopic (exact) mass is 342 g/mol. The number of nitrogens with one attached hydrogen (secondary N) is 1. The number of carbonyl (C=O) groups is 1. The fraction of sp³-hybridized carbons (Fsp3) is 0.375. The number of likely N-dealkylation sites (tertiary alicyclic amines) is 1. The number of piperidine rings is 1. The third-order valence-electron chi connectivity index (χ3n) is 4.30. The summed E-state index contributed by atoms with van der Waals surface area (Å²) in [7, 11) is 0. The second-order valence-corrected chi connectivity index (χ2v) is 7.09. The van der Waals surface area contributed by atoms with Crippen LogP contribution in [0.3, 0.4) is 0 Å². The van der Waals surface area contributed by atoms with Crippen LogP contribution in [0.2, 0.25) is 0 Å². The van der Waals surface area contributed by atoms with Gasteiger partial charge in [0.15, 0.2) is 0 Å². The summed E-state index contributed by atoms with van der Waals surface area (Å²) in [4.78, 5) is 20.6. The molecule has 4 heterocycles. The van der Waals surface area contributed by atoms with E-state index in [1.54, 1.807) is 18.9 Å². The maximum Gasteiger partial charge on any atom is 0.263 e. The Bertz CT molecular complexity index is 795. The highest BCUT2D eigenvalue weighted by molar-refractivity contribution is 7.17. The lowest BCUT2D eigenvalue weighted by atomic mass is 9.98.